The Labute approximate surface area is 115 Å². The van der Waals surface area contributed by atoms with Gasteiger partial charge in [-0.2, -0.15) is 0 Å². The first kappa shape index (κ1) is 14.3. The van der Waals surface area contributed by atoms with Crippen molar-refractivity contribution in [3.8, 4) is 0 Å². The van der Waals surface area contributed by atoms with Crippen molar-refractivity contribution in [2.24, 2.45) is 0 Å². The summed E-state index contributed by atoms with van der Waals surface area (Å²) in [4.78, 5) is 22.2. The molecule has 1 aliphatic heterocycles. The Morgan fingerprint density at radius 1 is 1.55 bits per heavy atom. The normalized spacial score (nSPS) is 19.3. The van der Waals surface area contributed by atoms with Crippen molar-refractivity contribution in [3.63, 3.8) is 0 Å². The molecule has 0 fully saturated rings. The SMILES string of the molecule is Cc1ccc2c(c1)C[C@@H](C(O)C[N+](=O)[O-])N(C(=O)O)C2. The van der Waals surface area contributed by atoms with Crippen molar-refractivity contribution in [3.05, 3.63) is 45.0 Å². The standard InChI is InChI=1S/C13H16N2O5/c1-8-2-3-9-6-14(13(17)18)11(5-10(9)4-8)12(16)7-15(19)20/h2-4,11-12,16H,5-7H2,1H3,(H,17,18)/t11-,12?/m0/s1. The summed E-state index contributed by atoms with van der Waals surface area (Å²) in [6.07, 6.45) is -2.20. The molecule has 2 rings (SSSR count). The largest absolute Gasteiger partial charge is 0.465 e. The highest BCUT2D eigenvalue weighted by Gasteiger charge is 2.36. The molecule has 1 aromatic rings. The van der Waals surface area contributed by atoms with Gasteiger partial charge in [0, 0.05) is 11.5 Å². The molecule has 2 atom stereocenters. The van der Waals surface area contributed by atoms with Crippen LogP contribution in [-0.4, -0.2) is 44.8 Å². The number of aryl methyl sites for hydroxylation is 1. The number of amides is 1. The second-order valence-electron chi connectivity index (χ2n) is 5.04. The van der Waals surface area contributed by atoms with E-state index in [2.05, 4.69) is 0 Å². The molecule has 7 nitrogen and oxygen atoms in total. The first-order valence-electron chi connectivity index (χ1n) is 6.26. The van der Waals surface area contributed by atoms with Crippen molar-refractivity contribution < 1.29 is 19.9 Å². The van der Waals surface area contributed by atoms with E-state index < -0.39 is 29.7 Å². The van der Waals surface area contributed by atoms with Gasteiger partial charge in [0.2, 0.25) is 6.54 Å². The molecular weight excluding hydrogens is 264 g/mol. The zero-order chi connectivity index (χ0) is 14.9. The maximum absolute atomic E-state index is 11.3. The molecule has 0 bridgehead atoms. The van der Waals surface area contributed by atoms with Crippen LogP contribution < -0.4 is 0 Å². The summed E-state index contributed by atoms with van der Waals surface area (Å²) in [5.41, 5.74) is 2.85. The maximum Gasteiger partial charge on any atom is 0.407 e. The fraction of sp³-hybridized carbons (Fsp3) is 0.462. The molecule has 0 saturated heterocycles. The van der Waals surface area contributed by atoms with E-state index in [0.717, 1.165) is 21.6 Å². The summed E-state index contributed by atoms with van der Waals surface area (Å²) >= 11 is 0. The lowest BCUT2D eigenvalue weighted by molar-refractivity contribution is -0.491. The molecule has 1 amide bonds. The number of hydrogen-bond donors (Lipinski definition) is 2. The van der Waals surface area contributed by atoms with Crippen LogP contribution in [0.25, 0.3) is 0 Å². The van der Waals surface area contributed by atoms with Crippen LogP contribution >= 0.6 is 0 Å². The van der Waals surface area contributed by atoms with E-state index in [9.17, 15) is 25.1 Å². The van der Waals surface area contributed by atoms with Crippen LogP contribution in [0.1, 0.15) is 16.7 Å². The topological polar surface area (TPSA) is 104 Å². The molecule has 1 aliphatic rings. The molecule has 2 N–H and O–H groups in total. The van der Waals surface area contributed by atoms with E-state index in [-0.39, 0.29) is 6.54 Å². The zero-order valence-electron chi connectivity index (χ0n) is 11.0. The fourth-order valence-electron chi connectivity index (χ4n) is 2.56. The number of benzene rings is 1. The van der Waals surface area contributed by atoms with Crippen LogP contribution in [0.3, 0.4) is 0 Å². The molecule has 0 spiro atoms. The number of aliphatic hydroxyl groups is 1. The van der Waals surface area contributed by atoms with Crippen molar-refractivity contribution >= 4 is 6.09 Å². The van der Waals surface area contributed by atoms with Gasteiger partial charge in [-0.15, -0.1) is 0 Å². The summed E-state index contributed by atoms with van der Waals surface area (Å²) in [6, 6.07) is 4.90. The van der Waals surface area contributed by atoms with Gasteiger partial charge >= 0.3 is 6.09 Å². The van der Waals surface area contributed by atoms with Gasteiger partial charge in [0.15, 0.2) is 0 Å². The molecule has 108 valence electrons. The van der Waals surface area contributed by atoms with Gasteiger partial charge in [-0.3, -0.25) is 15.0 Å². The lowest BCUT2D eigenvalue weighted by atomic mass is 9.90. The third-order valence-corrected chi connectivity index (χ3v) is 3.56. The van der Waals surface area contributed by atoms with E-state index in [1.165, 1.54) is 0 Å². The van der Waals surface area contributed by atoms with Gasteiger partial charge in [0.25, 0.3) is 0 Å². The molecule has 0 saturated carbocycles. The Kier molecular flexibility index (Phi) is 3.89. The molecule has 1 heterocycles. The molecular formula is C13H16N2O5. The molecule has 0 radical (unpaired) electrons. The highest BCUT2D eigenvalue weighted by atomic mass is 16.6. The number of rotatable bonds is 3. The maximum atomic E-state index is 11.3. The molecule has 1 unspecified atom stereocenters. The third-order valence-electron chi connectivity index (χ3n) is 3.56. The predicted molar refractivity (Wildman–Crippen MR) is 70.1 cm³/mol. The number of hydrogen-bond acceptors (Lipinski definition) is 4. The number of fused-ring (bicyclic) bond motifs is 1. The minimum Gasteiger partial charge on any atom is -0.465 e. The molecule has 7 heteroatoms. The third kappa shape index (κ3) is 2.88. The smallest absolute Gasteiger partial charge is 0.407 e. The average Bonchev–Trinajstić information content (AvgIpc) is 2.36. The first-order valence-corrected chi connectivity index (χ1v) is 6.26. The Hall–Kier alpha value is -2.15. The average molecular weight is 280 g/mol. The zero-order valence-corrected chi connectivity index (χ0v) is 11.0. The lowest BCUT2D eigenvalue weighted by Gasteiger charge is -2.36. The van der Waals surface area contributed by atoms with Gasteiger partial charge < -0.3 is 10.2 Å². The predicted octanol–water partition coefficient (Wildman–Crippen LogP) is 1.04. The Morgan fingerprint density at radius 3 is 2.85 bits per heavy atom. The van der Waals surface area contributed by atoms with Crippen molar-refractivity contribution in [2.45, 2.75) is 32.0 Å². The number of carboxylic acid groups (broad SMARTS) is 1. The molecule has 20 heavy (non-hydrogen) atoms. The number of nitro groups is 1. The summed E-state index contributed by atoms with van der Waals surface area (Å²) in [6.45, 7) is 1.41. The van der Waals surface area contributed by atoms with Crippen molar-refractivity contribution in [1.29, 1.82) is 0 Å². The number of carbonyl (C=O) groups is 1. The summed E-state index contributed by atoms with van der Waals surface area (Å²) in [7, 11) is 0. The van der Waals surface area contributed by atoms with Crippen LogP contribution in [0.5, 0.6) is 0 Å². The van der Waals surface area contributed by atoms with Crippen molar-refractivity contribution in [1.82, 2.24) is 4.90 Å². The minimum atomic E-state index is -1.31. The number of aliphatic hydroxyl groups excluding tert-OH is 1. The Balaban J connectivity index is 2.30. The van der Waals surface area contributed by atoms with Gasteiger partial charge in [0.05, 0.1) is 6.04 Å². The van der Waals surface area contributed by atoms with E-state index >= 15 is 0 Å². The Morgan fingerprint density at radius 2 is 2.25 bits per heavy atom. The van der Waals surface area contributed by atoms with Gasteiger partial charge in [-0.25, -0.2) is 4.79 Å². The number of nitrogens with zero attached hydrogens (tertiary/aromatic N) is 2. The van der Waals surface area contributed by atoms with Crippen LogP contribution in [0.2, 0.25) is 0 Å². The molecule has 1 aromatic carbocycles. The van der Waals surface area contributed by atoms with E-state index in [1.807, 2.05) is 25.1 Å². The second-order valence-corrected chi connectivity index (χ2v) is 5.04. The Bertz CT molecular complexity index is 546. The lowest BCUT2D eigenvalue weighted by Crippen LogP contribution is -2.51. The van der Waals surface area contributed by atoms with E-state index in [1.54, 1.807) is 0 Å². The quantitative estimate of drug-likeness (QED) is 0.636. The highest BCUT2D eigenvalue weighted by Crippen LogP contribution is 2.26. The van der Waals surface area contributed by atoms with Crippen LogP contribution in [0, 0.1) is 17.0 Å². The molecule has 0 aliphatic carbocycles. The summed E-state index contributed by atoms with van der Waals surface area (Å²) in [5, 5.41) is 29.6. The molecule has 0 aromatic heterocycles. The van der Waals surface area contributed by atoms with E-state index in [0.29, 0.717) is 6.42 Å². The first-order chi connectivity index (χ1) is 9.38. The fourth-order valence-corrected chi connectivity index (χ4v) is 2.56. The summed E-state index contributed by atoms with van der Waals surface area (Å²) < 4.78 is 0. The van der Waals surface area contributed by atoms with E-state index in [4.69, 9.17) is 0 Å². The second kappa shape index (κ2) is 5.46. The van der Waals surface area contributed by atoms with Gasteiger partial charge in [0.1, 0.15) is 6.10 Å². The van der Waals surface area contributed by atoms with Crippen LogP contribution in [0.15, 0.2) is 18.2 Å². The monoisotopic (exact) mass is 280 g/mol. The van der Waals surface area contributed by atoms with Gasteiger partial charge in [-0.05, 0) is 24.5 Å². The minimum absolute atomic E-state index is 0.143. The van der Waals surface area contributed by atoms with Gasteiger partial charge in [-0.1, -0.05) is 23.8 Å². The van der Waals surface area contributed by atoms with Crippen LogP contribution in [-0.2, 0) is 13.0 Å². The van der Waals surface area contributed by atoms with Crippen molar-refractivity contribution in [2.75, 3.05) is 6.54 Å². The summed E-state index contributed by atoms with van der Waals surface area (Å²) in [5.74, 6) is 0. The van der Waals surface area contributed by atoms with Crippen LogP contribution in [0.4, 0.5) is 4.79 Å². The highest BCUT2D eigenvalue weighted by molar-refractivity contribution is 5.66.